The Hall–Kier alpha value is -1.94. The van der Waals surface area contributed by atoms with Crippen LogP contribution < -0.4 is 0 Å². The number of esters is 4. The minimum Gasteiger partial charge on any atom is -0.462 e. The van der Waals surface area contributed by atoms with Crippen LogP contribution in [0, 0.1) is 17.8 Å². The molecule has 0 aromatic rings. The van der Waals surface area contributed by atoms with Crippen molar-refractivity contribution in [2.24, 2.45) is 17.8 Å². The van der Waals surface area contributed by atoms with Gasteiger partial charge in [-0.25, -0.2) is 9.13 Å². The second-order valence-corrected chi connectivity index (χ2v) is 30.0. The number of carbonyl (C=O) groups is 4. The van der Waals surface area contributed by atoms with Gasteiger partial charge in [-0.15, -0.1) is 0 Å². The molecule has 0 aliphatic carbocycles. The molecule has 5 atom stereocenters. The number of rotatable bonds is 69. The fraction of sp³-hybridized carbons (Fsp3) is 0.944. The lowest BCUT2D eigenvalue weighted by Crippen LogP contribution is -2.30. The summed E-state index contributed by atoms with van der Waals surface area (Å²) < 4.78 is 68.3. The predicted octanol–water partition coefficient (Wildman–Crippen LogP) is 20.2. The van der Waals surface area contributed by atoms with Crippen molar-refractivity contribution in [3.8, 4) is 0 Å². The molecule has 0 saturated heterocycles. The molecule has 534 valence electrons. The Morgan fingerprint density at radius 1 is 0.300 bits per heavy atom. The van der Waals surface area contributed by atoms with Crippen LogP contribution in [0.25, 0.3) is 0 Å². The topological polar surface area (TPSA) is 237 Å². The molecule has 0 amide bonds. The lowest BCUT2D eigenvalue weighted by molar-refractivity contribution is -0.161. The maximum atomic E-state index is 13.0. The first-order chi connectivity index (χ1) is 43.2. The molecule has 17 nitrogen and oxygen atoms in total. The van der Waals surface area contributed by atoms with Gasteiger partial charge in [-0.2, -0.15) is 0 Å². The highest BCUT2D eigenvalue weighted by atomic mass is 31.2. The molecule has 0 heterocycles. The SMILES string of the molecule is CCCCCCCCCCCCCCCCCC(=O)O[C@H](COC(=O)CCCCCCCCCCCCC(C)C)COP(=O)(O)OC[C@@H](O)COP(=O)(O)OC[C@@H](COC(=O)CCCCCCCCCCC(C)C)OC(=O)CCCCCCCCCCC(C)C. The minimum atomic E-state index is -4.95. The van der Waals surface area contributed by atoms with Crippen molar-refractivity contribution in [2.75, 3.05) is 39.6 Å². The summed E-state index contributed by atoms with van der Waals surface area (Å²) in [7, 11) is -9.90. The third kappa shape index (κ3) is 64.8. The first kappa shape index (κ1) is 88.1. The number of aliphatic hydroxyl groups excluding tert-OH is 1. The summed E-state index contributed by atoms with van der Waals surface area (Å²) in [5.41, 5.74) is 0. The summed E-state index contributed by atoms with van der Waals surface area (Å²) in [6.45, 7) is 11.8. The first-order valence-electron chi connectivity index (χ1n) is 36.8. The number of aliphatic hydroxyl groups is 1. The molecular formula is C71H138O17P2. The summed E-state index contributed by atoms with van der Waals surface area (Å²) in [5, 5.41) is 10.6. The van der Waals surface area contributed by atoms with Crippen molar-refractivity contribution in [3.63, 3.8) is 0 Å². The maximum Gasteiger partial charge on any atom is 0.472 e. The van der Waals surface area contributed by atoms with Crippen LogP contribution in [0.15, 0.2) is 0 Å². The van der Waals surface area contributed by atoms with Gasteiger partial charge in [0.1, 0.15) is 19.3 Å². The molecule has 0 bridgehead atoms. The van der Waals surface area contributed by atoms with Gasteiger partial charge in [0, 0.05) is 25.7 Å². The third-order valence-electron chi connectivity index (χ3n) is 16.4. The zero-order chi connectivity index (χ0) is 66.6. The van der Waals surface area contributed by atoms with Crippen molar-refractivity contribution < 1.29 is 80.2 Å². The van der Waals surface area contributed by atoms with Gasteiger partial charge in [0.15, 0.2) is 12.2 Å². The van der Waals surface area contributed by atoms with E-state index < -0.39 is 97.5 Å². The molecular weight excluding hydrogens is 1190 g/mol. The van der Waals surface area contributed by atoms with E-state index in [0.717, 1.165) is 108 Å². The van der Waals surface area contributed by atoms with Crippen molar-refractivity contribution in [1.82, 2.24) is 0 Å². The first-order valence-corrected chi connectivity index (χ1v) is 39.8. The third-order valence-corrected chi connectivity index (χ3v) is 18.3. The van der Waals surface area contributed by atoms with Gasteiger partial charge < -0.3 is 33.8 Å². The quantitative estimate of drug-likeness (QED) is 0.0222. The van der Waals surface area contributed by atoms with Crippen molar-refractivity contribution >= 4 is 39.5 Å². The van der Waals surface area contributed by atoms with E-state index >= 15 is 0 Å². The largest absolute Gasteiger partial charge is 0.472 e. The van der Waals surface area contributed by atoms with Crippen LogP contribution >= 0.6 is 15.6 Å². The van der Waals surface area contributed by atoms with Gasteiger partial charge in [-0.3, -0.25) is 37.3 Å². The molecule has 0 radical (unpaired) electrons. The standard InChI is InChI=1S/C71H138O17P2/c1-8-9-10-11-12-13-14-15-16-17-18-23-33-40-47-54-70(75)87-66(58-81-68(73)52-45-38-31-22-20-19-21-28-35-42-49-62(2)3)60-85-89(77,78)83-56-65(72)57-84-90(79,80)86-61-67(88-71(76)55-48-41-34-27-25-30-37-44-51-64(6)7)59-82-69(74)53-46-39-32-26-24-29-36-43-50-63(4)5/h62-67,72H,8-61H2,1-7H3,(H,77,78)(H,79,80)/t65-,66-,67-/m1/s1. The summed E-state index contributed by atoms with van der Waals surface area (Å²) >= 11 is 0. The molecule has 0 spiro atoms. The number of hydrogen-bond acceptors (Lipinski definition) is 15. The van der Waals surface area contributed by atoms with Gasteiger partial charge >= 0.3 is 39.5 Å². The Labute approximate surface area is 549 Å². The summed E-state index contributed by atoms with van der Waals surface area (Å²) in [6.07, 6.45) is 45.8. The Morgan fingerprint density at radius 3 is 0.756 bits per heavy atom. The molecule has 3 N–H and O–H groups in total. The van der Waals surface area contributed by atoms with E-state index in [1.807, 2.05) is 0 Å². The number of hydrogen-bond donors (Lipinski definition) is 3. The van der Waals surface area contributed by atoms with Crippen LogP contribution in [0.3, 0.4) is 0 Å². The zero-order valence-corrected chi connectivity index (χ0v) is 60.4. The van der Waals surface area contributed by atoms with E-state index in [0.29, 0.717) is 25.7 Å². The molecule has 0 aliphatic rings. The zero-order valence-electron chi connectivity index (χ0n) is 58.6. The van der Waals surface area contributed by atoms with E-state index in [4.69, 9.17) is 37.0 Å². The van der Waals surface area contributed by atoms with E-state index in [9.17, 15) is 43.2 Å². The molecule has 0 saturated carbocycles. The maximum absolute atomic E-state index is 13.0. The Bertz CT molecular complexity index is 1770. The van der Waals surface area contributed by atoms with Gasteiger partial charge in [-0.05, 0) is 43.4 Å². The van der Waals surface area contributed by atoms with Crippen LogP contribution in [-0.4, -0.2) is 96.7 Å². The molecule has 0 rings (SSSR count). The number of carbonyl (C=O) groups excluding carboxylic acids is 4. The van der Waals surface area contributed by atoms with Gasteiger partial charge in [0.2, 0.25) is 0 Å². The minimum absolute atomic E-state index is 0.104. The number of unbranched alkanes of at least 4 members (excludes halogenated alkanes) is 37. The molecule has 2 unspecified atom stereocenters. The molecule has 90 heavy (non-hydrogen) atoms. The summed E-state index contributed by atoms with van der Waals surface area (Å²) in [4.78, 5) is 72.6. The average Bonchev–Trinajstić information content (AvgIpc) is 3.65. The van der Waals surface area contributed by atoms with Crippen LogP contribution in [0.1, 0.15) is 357 Å². The highest BCUT2D eigenvalue weighted by Crippen LogP contribution is 2.45. The van der Waals surface area contributed by atoms with Crippen LogP contribution in [0.2, 0.25) is 0 Å². The highest BCUT2D eigenvalue weighted by molar-refractivity contribution is 7.47. The van der Waals surface area contributed by atoms with Gasteiger partial charge in [0.25, 0.3) is 0 Å². The van der Waals surface area contributed by atoms with E-state index in [1.165, 1.54) is 167 Å². The number of ether oxygens (including phenoxy) is 4. The second-order valence-electron chi connectivity index (χ2n) is 27.1. The summed E-state index contributed by atoms with van der Waals surface area (Å²) in [6, 6.07) is 0. The predicted molar refractivity (Wildman–Crippen MR) is 363 cm³/mol. The Morgan fingerprint density at radius 2 is 0.511 bits per heavy atom. The van der Waals surface area contributed by atoms with Crippen molar-refractivity contribution in [1.29, 1.82) is 0 Å². The lowest BCUT2D eigenvalue weighted by atomic mass is 10.0. The van der Waals surface area contributed by atoms with E-state index in [-0.39, 0.29) is 25.7 Å². The van der Waals surface area contributed by atoms with Crippen molar-refractivity contribution in [2.45, 2.75) is 375 Å². The summed E-state index contributed by atoms with van der Waals surface area (Å²) in [5.74, 6) is 0.0774. The van der Waals surface area contributed by atoms with E-state index in [1.54, 1.807) is 0 Å². The van der Waals surface area contributed by atoms with Crippen LogP contribution in [0.4, 0.5) is 0 Å². The van der Waals surface area contributed by atoms with Gasteiger partial charge in [-0.1, -0.05) is 305 Å². The molecule has 19 heteroatoms. The monoisotopic (exact) mass is 1320 g/mol. The van der Waals surface area contributed by atoms with Crippen LogP contribution in [-0.2, 0) is 65.4 Å². The smallest absolute Gasteiger partial charge is 0.462 e. The fourth-order valence-electron chi connectivity index (χ4n) is 10.7. The van der Waals surface area contributed by atoms with E-state index in [2.05, 4.69) is 48.5 Å². The number of phosphoric acid groups is 2. The van der Waals surface area contributed by atoms with Gasteiger partial charge in [0.05, 0.1) is 26.4 Å². The number of phosphoric ester groups is 2. The molecule has 0 aliphatic heterocycles. The fourth-order valence-corrected chi connectivity index (χ4v) is 12.3. The molecule has 0 aromatic carbocycles. The lowest BCUT2D eigenvalue weighted by Gasteiger charge is -2.21. The average molecular weight is 1330 g/mol. The van der Waals surface area contributed by atoms with Crippen molar-refractivity contribution in [3.05, 3.63) is 0 Å². The second kappa shape index (κ2) is 61.9. The molecule has 0 aromatic heterocycles. The Balaban J connectivity index is 5.26. The highest BCUT2D eigenvalue weighted by Gasteiger charge is 2.30. The van der Waals surface area contributed by atoms with Crippen LogP contribution in [0.5, 0.6) is 0 Å². The molecule has 0 fully saturated rings. The Kier molecular flexibility index (Phi) is 60.6. The normalized spacial score (nSPS) is 14.2.